The maximum absolute atomic E-state index is 3.73. The number of benzene rings is 1. The third kappa shape index (κ3) is 3.87. The summed E-state index contributed by atoms with van der Waals surface area (Å²) in [6, 6.07) is 5.89. The van der Waals surface area contributed by atoms with Crippen LogP contribution >= 0.6 is 0 Å². The second-order valence-electron chi connectivity index (χ2n) is 7.06. The van der Waals surface area contributed by atoms with E-state index < -0.39 is 0 Å². The predicted octanol–water partition coefficient (Wildman–Crippen LogP) is 3.82. The average molecular weight is 288 g/mol. The highest BCUT2D eigenvalue weighted by atomic mass is 15.2. The summed E-state index contributed by atoms with van der Waals surface area (Å²) >= 11 is 0. The Morgan fingerprint density at radius 1 is 1.24 bits per heavy atom. The van der Waals surface area contributed by atoms with Crippen LogP contribution in [0, 0.1) is 26.7 Å². The normalized spacial score (nSPS) is 25.0. The molecular formula is C19H32N2. The summed E-state index contributed by atoms with van der Waals surface area (Å²) in [4.78, 5) is 2.66. The molecule has 2 rings (SSSR count). The summed E-state index contributed by atoms with van der Waals surface area (Å²) in [6.45, 7) is 17.1. The van der Waals surface area contributed by atoms with Gasteiger partial charge in [0.25, 0.3) is 0 Å². The third-order valence-corrected chi connectivity index (χ3v) is 5.26. The van der Waals surface area contributed by atoms with Gasteiger partial charge < -0.3 is 5.32 Å². The van der Waals surface area contributed by atoms with Gasteiger partial charge in [0.1, 0.15) is 0 Å². The largest absolute Gasteiger partial charge is 0.311 e. The number of piperazine rings is 1. The number of hydrogen-bond donors (Lipinski definition) is 1. The third-order valence-electron chi connectivity index (χ3n) is 5.26. The van der Waals surface area contributed by atoms with Crippen LogP contribution in [0.3, 0.4) is 0 Å². The summed E-state index contributed by atoms with van der Waals surface area (Å²) in [5, 5.41) is 3.73. The molecule has 0 spiro atoms. The monoisotopic (exact) mass is 288 g/mol. The van der Waals surface area contributed by atoms with E-state index in [4.69, 9.17) is 0 Å². The van der Waals surface area contributed by atoms with Crippen molar-refractivity contribution in [1.82, 2.24) is 10.2 Å². The van der Waals surface area contributed by atoms with Crippen LogP contribution < -0.4 is 5.32 Å². The van der Waals surface area contributed by atoms with Gasteiger partial charge in [-0.05, 0) is 50.3 Å². The Kier molecular flexibility index (Phi) is 5.45. The van der Waals surface area contributed by atoms with Gasteiger partial charge in [0.15, 0.2) is 0 Å². The fraction of sp³-hybridized carbons (Fsp3) is 0.684. The molecule has 0 amide bonds. The predicted molar refractivity (Wildman–Crippen MR) is 91.8 cm³/mol. The van der Waals surface area contributed by atoms with Crippen LogP contribution in [0.25, 0.3) is 0 Å². The van der Waals surface area contributed by atoms with E-state index in [0.29, 0.717) is 12.1 Å². The van der Waals surface area contributed by atoms with Gasteiger partial charge in [0.05, 0.1) is 0 Å². The summed E-state index contributed by atoms with van der Waals surface area (Å²) in [6.07, 6.45) is 1.25. The topological polar surface area (TPSA) is 15.3 Å². The Labute approximate surface area is 130 Å². The molecule has 0 bridgehead atoms. The van der Waals surface area contributed by atoms with Crippen LogP contribution in [-0.4, -0.2) is 30.1 Å². The minimum Gasteiger partial charge on any atom is -0.311 e. The second-order valence-corrected chi connectivity index (χ2v) is 7.06. The van der Waals surface area contributed by atoms with Crippen LogP contribution in [0.15, 0.2) is 12.1 Å². The van der Waals surface area contributed by atoms with Crippen LogP contribution in [0.4, 0.5) is 0 Å². The molecule has 0 aliphatic carbocycles. The molecule has 1 fully saturated rings. The minimum absolute atomic E-state index is 0.616. The lowest BCUT2D eigenvalue weighted by Crippen LogP contribution is -2.57. The Balaban J connectivity index is 2.14. The van der Waals surface area contributed by atoms with E-state index >= 15 is 0 Å². The zero-order valence-electron chi connectivity index (χ0n) is 14.7. The van der Waals surface area contributed by atoms with Crippen molar-refractivity contribution in [2.45, 2.75) is 66.6 Å². The lowest BCUT2D eigenvalue weighted by Gasteiger charge is -2.41. The lowest BCUT2D eigenvalue weighted by atomic mass is 9.94. The van der Waals surface area contributed by atoms with E-state index in [0.717, 1.165) is 19.0 Å². The van der Waals surface area contributed by atoms with E-state index in [-0.39, 0.29) is 0 Å². The SMILES string of the molecule is CCC(C)C1CN(Cc2c(C)cc(C)cc2C)C(C)CN1. The summed E-state index contributed by atoms with van der Waals surface area (Å²) in [5.74, 6) is 0.750. The highest BCUT2D eigenvalue weighted by Gasteiger charge is 2.28. The van der Waals surface area contributed by atoms with Crippen molar-refractivity contribution < 1.29 is 0 Å². The molecular weight excluding hydrogens is 256 g/mol. The van der Waals surface area contributed by atoms with Gasteiger partial charge in [-0.1, -0.05) is 38.0 Å². The van der Waals surface area contributed by atoms with E-state index in [2.05, 4.69) is 63.9 Å². The Hall–Kier alpha value is -0.860. The number of nitrogens with one attached hydrogen (secondary N) is 1. The molecule has 0 saturated carbocycles. The zero-order chi connectivity index (χ0) is 15.6. The summed E-state index contributed by atoms with van der Waals surface area (Å²) < 4.78 is 0. The molecule has 3 atom stereocenters. The van der Waals surface area contributed by atoms with Gasteiger partial charge in [-0.2, -0.15) is 0 Å². The molecule has 2 nitrogen and oxygen atoms in total. The molecule has 21 heavy (non-hydrogen) atoms. The molecule has 1 aliphatic rings. The second kappa shape index (κ2) is 6.93. The van der Waals surface area contributed by atoms with E-state index in [1.807, 2.05) is 0 Å². The van der Waals surface area contributed by atoms with E-state index in [1.165, 1.54) is 35.2 Å². The molecule has 3 unspecified atom stereocenters. The summed E-state index contributed by atoms with van der Waals surface area (Å²) in [5.41, 5.74) is 5.79. The van der Waals surface area contributed by atoms with Crippen molar-refractivity contribution >= 4 is 0 Å². The standard InChI is InChI=1S/C19H32N2/c1-7-14(3)19-12-21(17(6)10-20-19)11-18-15(4)8-13(2)9-16(18)5/h8-9,14,17,19-20H,7,10-12H2,1-6H3. The first kappa shape index (κ1) is 16.5. The first-order valence-electron chi connectivity index (χ1n) is 8.46. The van der Waals surface area contributed by atoms with Crippen molar-refractivity contribution in [3.05, 3.63) is 34.4 Å². The van der Waals surface area contributed by atoms with Crippen LogP contribution in [0.1, 0.15) is 49.4 Å². The first-order chi connectivity index (χ1) is 9.92. The number of aryl methyl sites for hydroxylation is 3. The summed E-state index contributed by atoms with van der Waals surface area (Å²) in [7, 11) is 0. The van der Waals surface area contributed by atoms with Gasteiger partial charge >= 0.3 is 0 Å². The quantitative estimate of drug-likeness (QED) is 0.906. The molecule has 2 heteroatoms. The Morgan fingerprint density at radius 2 is 1.86 bits per heavy atom. The van der Waals surface area contributed by atoms with Crippen molar-refractivity contribution in [3.8, 4) is 0 Å². The molecule has 118 valence electrons. The van der Waals surface area contributed by atoms with Gasteiger partial charge in [-0.15, -0.1) is 0 Å². The van der Waals surface area contributed by atoms with Crippen molar-refractivity contribution in [2.24, 2.45) is 5.92 Å². The zero-order valence-corrected chi connectivity index (χ0v) is 14.7. The van der Waals surface area contributed by atoms with E-state index in [1.54, 1.807) is 0 Å². The molecule has 1 heterocycles. The van der Waals surface area contributed by atoms with E-state index in [9.17, 15) is 0 Å². The van der Waals surface area contributed by atoms with Crippen LogP contribution in [0.2, 0.25) is 0 Å². The molecule has 1 aromatic carbocycles. The van der Waals surface area contributed by atoms with Gasteiger partial charge in [-0.25, -0.2) is 0 Å². The van der Waals surface area contributed by atoms with Crippen molar-refractivity contribution in [2.75, 3.05) is 13.1 Å². The van der Waals surface area contributed by atoms with Gasteiger partial charge in [0, 0.05) is 31.7 Å². The smallest absolute Gasteiger partial charge is 0.0243 e. The molecule has 1 N–H and O–H groups in total. The van der Waals surface area contributed by atoms with Crippen molar-refractivity contribution in [3.63, 3.8) is 0 Å². The fourth-order valence-corrected chi connectivity index (χ4v) is 3.50. The highest BCUT2D eigenvalue weighted by molar-refractivity contribution is 5.37. The first-order valence-corrected chi connectivity index (χ1v) is 8.46. The molecule has 1 aliphatic heterocycles. The molecule has 1 aromatic rings. The molecule has 0 aromatic heterocycles. The minimum atomic E-state index is 0.616. The number of rotatable bonds is 4. The molecule has 1 saturated heterocycles. The number of hydrogen-bond acceptors (Lipinski definition) is 2. The lowest BCUT2D eigenvalue weighted by molar-refractivity contribution is 0.111. The van der Waals surface area contributed by atoms with Crippen LogP contribution in [-0.2, 0) is 6.54 Å². The Morgan fingerprint density at radius 3 is 2.43 bits per heavy atom. The Bertz CT molecular complexity index is 457. The maximum atomic E-state index is 3.73. The fourth-order valence-electron chi connectivity index (χ4n) is 3.50. The van der Waals surface area contributed by atoms with Crippen LogP contribution in [0.5, 0.6) is 0 Å². The number of nitrogens with zero attached hydrogens (tertiary/aromatic N) is 1. The van der Waals surface area contributed by atoms with Gasteiger partial charge in [-0.3, -0.25) is 4.90 Å². The maximum Gasteiger partial charge on any atom is 0.0243 e. The highest BCUT2D eigenvalue weighted by Crippen LogP contribution is 2.22. The van der Waals surface area contributed by atoms with Crippen molar-refractivity contribution in [1.29, 1.82) is 0 Å². The molecule has 0 radical (unpaired) electrons. The van der Waals surface area contributed by atoms with Gasteiger partial charge in [0.2, 0.25) is 0 Å². The average Bonchev–Trinajstić information content (AvgIpc) is 2.43.